The van der Waals surface area contributed by atoms with Crippen LogP contribution in [0.25, 0.3) is 10.9 Å². The van der Waals surface area contributed by atoms with Crippen LogP contribution in [0.3, 0.4) is 0 Å². The third-order valence-corrected chi connectivity index (χ3v) is 5.09. The molecule has 0 radical (unpaired) electrons. The molecule has 1 fully saturated rings. The molecule has 1 aliphatic heterocycles. The highest BCUT2D eigenvalue weighted by molar-refractivity contribution is 5.76. The number of rotatable bonds is 5. The molecule has 0 aromatic carbocycles. The minimum atomic E-state index is 0.0387. The van der Waals surface area contributed by atoms with Gasteiger partial charge in [0.1, 0.15) is 5.82 Å². The lowest BCUT2D eigenvalue weighted by Gasteiger charge is -2.37. The maximum Gasteiger partial charge on any atom is 0.262 e. The summed E-state index contributed by atoms with van der Waals surface area (Å²) in [5.41, 5.74) is 0.803. The Morgan fingerprint density at radius 2 is 2.21 bits per heavy atom. The van der Waals surface area contributed by atoms with Crippen LogP contribution in [0.5, 0.6) is 0 Å². The van der Waals surface area contributed by atoms with Gasteiger partial charge in [0.05, 0.1) is 16.9 Å². The van der Waals surface area contributed by atoms with Gasteiger partial charge < -0.3 is 0 Å². The molecule has 2 aromatic rings. The zero-order chi connectivity index (χ0) is 17.1. The van der Waals surface area contributed by atoms with Gasteiger partial charge in [-0.25, -0.2) is 4.98 Å². The number of pyridine rings is 1. The van der Waals surface area contributed by atoms with Crippen LogP contribution in [-0.2, 0) is 6.54 Å². The Kier molecular flexibility index (Phi) is 5.29. The van der Waals surface area contributed by atoms with E-state index in [0.717, 1.165) is 37.3 Å². The monoisotopic (exact) mass is 328 g/mol. The smallest absolute Gasteiger partial charge is 0.262 e. The highest BCUT2D eigenvalue weighted by Crippen LogP contribution is 2.29. The summed E-state index contributed by atoms with van der Waals surface area (Å²) >= 11 is 0. The first-order valence-electron chi connectivity index (χ1n) is 9.24. The Labute approximate surface area is 143 Å². The van der Waals surface area contributed by atoms with Crippen LogP contribution in [0.4, 0.5) is 0 Å². The molecule has 2 aromatic heterocycles. The van der Waals surface area contributed by atoms with Crippen molar-refractivity contribution in [2.24, 2.45) is 5.92 Å². The fourth-order valence-electron chi connectivity index (χ4n) is 3.90. The van der Waals surface area contributed by atoms with Crippen molar-refractivity contribution in [2.75, 3.05) is 13.1 Å². The lowest BCUT2D eigenvalue weighted by atomic mass is 9.97. The molecule has 1 aliphatic rings. The van der Waals surface area contributed by atoms with E-state index >= 15 is 0 Å². The Morgan fingerprint density at radius 3 is 2.92 bits per heavy atom. The molecule has 0 amide bonds. The Hall–Kier alpha value is -1.75. The van der Waals surface area contributed by atoms with Crippen molar-refractivity contribution in [2.45, 2.75) is 59.0 Å². The lowest BCUT2D eigenvalue weighted by molar-refractivity contribution is 0.115. The fourth-order valence-corrected chi connectivity index (χ4v) is 3.90. The van der Waals surface area contributed by atoms with Crippen LogP contribution in [0.15, 0.2) is 23.3 Å². The van der Waals surface area contributed by atoms with Crippen LogP contribution < -0.4 is 5.56 Å². The van der Waals surface area contributed by atoms with Crippen LogP contribution in [0.1, 0.15) is 58.3 Å². The summed E-state index contributed by atoms with van der Waals surface area (Å²) in [5, 5.41) is 0.616. The Balaban J connectivity index is 2.11. The summed E-state index contributed by atoms with van der Waals surface area (Å²) in [5.74, 6) is 1.64. The number of aromatic nitrogens is 3. The van der Waals surface area contributed by atoms with Crippen LogP contribution in [-0.4, -0.2) is 32.5 Å². The van der Waals surface area contributed by atoms with Crippen molar-refractivity contribution < 1.29 is 0 Å². The topological polar surface area (TPSA) is 51.0 Å². The van der Waals surface area contributed by atoms with Gasteiger partial charge in [-0.2, -0.15) is 0 Å². The van der Waals surface area contributed by atoms with E-state index in [4.69, 9.17) is 4.98 Å². The van der Waals surface area contributed by atoms with E-state index < -0.39 is 0 Å². The number of hydrogen-bond donors (Lipinski definition) is 0. The third kappa shape index (κ3) is 3.22. The van der Waals surface area contributed by atoms with E-state index in [2.05, 4.69) is 23.7 Å². The molecule has 0 saturated carbocycles. The fraction of sp³-hybridized carbons (Fsp3) is 0.632. The van der Waals surface area contributed by atoms with Gasteiger partial charge in [0.2, 0.25) is 0 Å². The van der Waals surface area contributed by atoms with Gasteiger partial charge in [-0.1, -0.05) is 20.3 Å². The molecule has 0 spiro atoms. The lowest BCUT2D eigenvalue weighted by Crippen LogP contribution is -2.40. The molecule has 3 rings (SSSR count). The molecule has 0 unspecified atom stereocenters. The molecule has 5 heteroatoms. The molecule has 3 heterocycles. The average molecular weight is 328 g/mol. The molecule has 1 saturated heterocycles. The summed E-state index contributed by atoms with van der Waals surface area (Å²) in [6.45, 7) is 9.40. The highest BCUT2D eigenvalue weighted by Gasteiger charge is 2.28. The van der Waals surface area contributed by atoms with Gasteiger partial charge in [-0.15, -0.1) is 0 Å². The molecule has 5 nitrogen and oxygen atoms in total. The van der Waals surface area contributed by atoms with Crippen molar-refractivity contribution >= 4 is 10.9 Å². The SMILES string of the molecule is CCC[C@H](c1nc2ccncc2c(=O)n1CC)N1CCC[C@@H](C)C1. The largest absolute Gasteiger partial charge is 0.295 e. The zero-order valence-electron chi connectivity index (χ0n) is 15.0. The maximum atomic E-state index is 12.9. The second kappa shape index (κ2) is 7.43. The summed E-state index contributed by atoms with van der Waals surface area (Å²) in [6.07, 6.45) is 8.01. The number of fused-ring (bicyclic) bond motifs is 1. The molecular weight excluding hydrogens is 300 g/mol. The van der Waals surface area contributed by atoms with Gasteiger partial charge in [-0.3, -0.25) is 19.2 Å². The molecule has 0 N–H and O–H groups in total. The normalized spacial score (nSPS) is 20.4. The second-order valence-corrected chi connectivity index (χ2v) is 6.96. The summed E-state index contributed by atoms with van der Waals surface area (Å²) < 4.78 is 1.85. The van der Waals surface area contributed by atoms with E-state index in [1.165, 1.54) is 12.8 Å². The summed E-state index contributed by atoms with van der Waals surface area (Å²) in [6, 6.07) is 2.07. The molecule has 0 bridgehead atoms. The van der Waals surface area contributed by atoms with E-state index in [1.807, 2.05) is 17.6 Å². The number of hydrogen-bond acceptors (Lipinski definition) is 4. The van der Waals surface area contributed by atoms with Crippen LogP contribution in [0.2, 0.25) is 0 Å². The quantitative estimate of drug-likeness (QED) is 0.844. The first kappa shape index (κ1) is 17.1. The number of piperidine rings is 1. The van der Waals surface area contributed by atoms with Gasteiger partial charge in [-0.05, 0) is 44.7 Å². The average Bonchev–Trinajstić information content (AvgIpc) is 2.59. The Morgan fingerprint density at radius 1 is 1.38 bits per heavy atom. The van der Waals surface area contributed by atoms with Gasteiger partial charge >= 0.3 is 0 Å². The maximum absolute atomic E-state index is 12.9. The van der Waals surface area contributed by atoms with Crippen molar-refractivity contribution in [3.63, 3.8) is 0 Å². The van der Waals surface area contributed by atoms with Crippen molar-refractivity contribution in [3.8, 4) is 0 Å². The van der Waals surface area contributed by atoms with Crippen molar-refractivity contribution in [1.82, 2.24) is 19.4 Å². The van der Waals surface area contributed by atoms with Gasteiger partial charge in [0, 0.05) is 25.5 Å². The van der Waals surface area contributed by atoms with Crippen LogP contribution >= 0.6 is 0 Å². The highest BCUT2D eigenvalue weighted by atomic mass is 16.1. The van der Waals surface area contributed by atoms with E-state index in [0.29, 0.717) is 17.8 Å². The van der Waals surface area contributed by atoms with E-state index in [1.54, 1.807) is 12.4 Å². The van der Waals surface area contributed by atoms with Gasteiger partial charge in [0.15, 0.2) is 0 Å². The van der Waals surface area contributed by atoms with E-state index in [-0.39, 0.29) is 11.6 Å². The standard InChI is InChI=1S/C19H28N4O/c1-4-7-17(22-11-6-8-14(3)13-22)18-21-16-9-10-20-12-15(16)19(24)23(18)5-2/h9-10,12,14,17H,4-8,11,13H2,1-3H3/t14-,17-/m1/s1. The van der Waals surface area contributed by atoms with E-state index in [9.17, 15) is 4.79 Å². The first-order chi connectivity index (χ1) is 11.7. The predicted molar refractivity (Wildman–Crippen MR) is 97.1 cm³/mol. The number of likely N-dealkylation sites (tertiary alicyclic amines) is 1. The number of nitrogens with zero attached hydrogens (tertiary/aromatic N) is 4. The summed E-state index contributed by atoms with van der Waals surface area (Å²) in [7, 11) is 0. The third-order valence-electron chi connectivity index (χ3n) is 5.09. The molecule has 24 heavy (non-hydrogen) atoms. The predicted octanol–water partition coefficient (Wildman–Crippen LogP) is 3.38. The molecule has 2 atom stereocenters. The zero-order valence-corrected chi connectivity index (χ0v) is 15.0. The van der Waals surface area contributed by atoms with Crippen molar-refractivity contribution in [1.29, 1.82) is 0 Å². The van der Waals surface area contributed by atoms with Crippen LogP contribution in [0, 0.1) is 5.92 Å². The minimum Gasteiger partial charge on any atom is -0.295 e. The van der Waals surface area contributed by atoms with Crippen molar-refractivity contribution in [3.05, 3.63) is 34.6 Å². The minimum absolute atomic E-state index is 0.0387. The molecule has 130 valence electrons. The van der Waals surface area contributed by atoms with Gasteiger partial charge in [0.25, 0.3) is 5.56 Å². The Bertz CT molecular complexity index is 755. The first-order valence-corrected chi connectivity index (χ1v) is 9.24. The second-order valence-electron chi connectivity index (χ2n) is 6.96. The summed E-state index contributed by atoms with van der Waals surface area (Å²) in [4.78, 5) is 24.4. The molecular formula is C19H28N4O. The molecule has 0 aliphatic carbocycles.